The van der Waals surface area contributed by atoms with Crippen LogP contribution in [0.2, 0.25) is 0 Å². The number of aromatic nitrogens is 1. The third kappa shape index (κ3) is 4.51. The van der Waals surface area contributed by atoms with Gasteiger partial charge in [0.15, 0.2) is 0 Å². The van der Waals surface area contributed by atoms with Crippen LogP contribution in [-0.2, 0) is 21.8 Å². The van der Waals surface area contributed by atoms with E-state index in [1.54, 1.807) is 31.3 Å². The summed E-state index contributed by atoms with van der Waals surface area (Å²) in [5.41, 5.74) is 1.08. The first kappa shape index (κ1) is 21.1. The lowest BCUT2D eigenvalue weighted by atomic mass is 10.0. The number of carbonyl (C=O) groups is 2. The molecule has 0 radical (unpaired) electrons. The van der Waals surface area contributed by atoms with Gasteiger partial charge in [0.2, 0.25) is 10.0 Å². The fourth-order valence-corrected chi connectivity index (χ4v) is 4.82. The Balaban J connectivity index is 1.75. The van der Waals surface area contributed by atoms with Gasteiger partial charge in [-0.2, -0.15) is 4.31 Å². The molecule has 9 heteroatoms. The minimum atomic E-state index is -3.63. The number of aryl methyl sites for hydroxylation is 1. The highest BCUT2D eigenvalue weighted by Gasteiger charge is 2.30. The van der Waals surface area contributed by atoms with Gasteiger partial charge in [-0.15, -0.1) is 0 Å². The van der Waals surface area contributed by atoms with Crippen LogP contribution in [0.15, 0.2) is 41.4 Å². The van der Waals surface area contributed by atoms with Crippen molar-refractivity contribution in [1.82, 2.24) is 8.87 Å². The number of sulfonamides is 1. The maximum atomic E-state index is 12.9. The number of piperidine rings is 1. The lowest BCUT2D eigenvalue weighted by molar-refractivity contribution is 0.0600. The Morgan fingerprint density at radius 1 is 1.14 bits per heavy atom. The second-order valence-corrected chi connectivity index (χ2v) is 9.22. The van der Waals surface area contributed by atoms with Crippen molar-refractivity contribution in [3.05, 3.63) is 47.8 Å². The van der Waals surface area contributed by atoms with E-state index in [9.17, 15) is 18.0 Å². The van der Waals surface area contributed by atoms with E-state index in [2.05, 4.69) is 17.0 Å². The summed E-state index contributed by atoms with van der Waals surface area (Å²) in [5.74, 6) is -0.386. The van der Waals surface area contributed by atoms with Crippen LogP contribution in [-0.4, -0.2) is 49.4 Å². The summed E-state index contributed by atoms with van der Waals surface area (Å²) in [7, 11) is -0.704. The van der Waals surface area contributed by atoms with E-state index in [1.165, 1.54) is 28.2 Å². The van der Waals surface area contributed by atoms with Crippen LogP contribution in [0.1, 0.15) is 40.6 Å². The maximum absolute atomic E-state index is 12.9. The van der Waals surface area contributed by atoms with E-state index in [1.807, 2.05) is 0 Å². The molecule has 1 amide bonds. The standard InChI is InChI=1S/C20H25N3O5S/c1-14-8-10-23(11-9-14)29(26,27)17-12-18(22(2)13-17)19(24)21-16-6-4-15(5-7-16)20(25)28-3/h4-7,12-14H,8-11H2,1-3H3,(H,21,24). The van der Waals surface area contributed by atoms with Gasteiger partial charge in [0.05, 0.1) is 12.7 Å². The van der Waals surface area contributed by atoms with Crippen LogP contribution in [0.5, 0.6) is 0 Å². The van der Waals surface area contributed by atoms with Gasteiger partial charge in [0, 0.05) is 32.0 Å². The lowest BCUT2D eigenvalue weighted by Crippen LogP contribution is -2.37. The van der Waals surface area contributed by atoms with Crippen molar-refractivity contribution < 1.29 is 22.7 Å². The summed E-state index contributed by atoms with van der Waals surface area (Å²) in [6.45, 7) is 3.10. The number of hydrogen-bond donors (Lipinski definition) is 1. The Kier molecular flexibility index (Phi) is 6.09. The van der Waals surface area contributed by atoms with E-state index in [4.69, 9.17) is 0 Å². The van der Waals surface area contributed by atoms with Crippen molar-refractivity contribution in [2.75, 3.05) is 25.5 Å². The van der Waals surface area contributed by atoms with Gasteiger partial charge >= 0.3 is 5.97 Å². The molecule has 2 aromatic rings. The van der Waals surface area contributed by atoms with Gasteiger partial charge < -0.3 is 14.6 Å². The van der Waals surface area contributed by atoms with E-state index < -0.39 is 21.9 Å². The molecule has 0 atom stereocenters. The fourth-order valence-electron chi connectivity index (χ4n) is 3.28. The zero-order valence-electron chi connectivity index (χ0n) is 16.7. The highest BCUT2D eigenvalue weighted by Crippen LogP contribution is 2.25. The number of methoxy groups -OCH3 is 1. The first-order valence-electron chi connectivity index (χ1n) is 9.38. The van der Waals surface area contributed by atoms with Gasteiger partial charge in [-0.05, 0) is 49.1 Å². The van der Waals surface area contributed by atoms with Gasteiger partial charge in [0.1, 0.15) is 10.6 Å². The van der Waals surface area contributed by atoms with Crippen molar-refractivity contribution in [3.63, 3.8) is 0 Å². The third-order valence-corrected chi connectivity index (χ3v) is 7.02. The monoisotopic (exact) mass is 419 g/mol. The molecule has 1 aliphatic heterocycles. The molecule has 8 nitrogen and oxygen atoms in total. The molecular weight excluding hydrogens is 394 g/mol. The first-order valence-corrected chi connectivity index (χ1v) is 10.8. The Labute approximate surface area is 170 Å². The number of carbonyl (C=O) groups excluding carboxylic acids is 2. The normalized spacial score (nSPS) is 15.8. The summed E-state index contributed by atoms with van der Waals surface area (Å²) >= 11 is 0. The van der Waals surface area contributed by atoms with Gasteiger partial charge in [-0.1, -0.05) is 6.92 Å². The van der Waals surface area contributed by atoms with E-state index in [-0.39, 0.29) is 10.6 Å². The van der Waals surface area contributed by atoms with Gasteiger partial charge in [-0.25, -0.2) is 13.2 Å². The summed E-state index contributed by atoms with van der Waals surface area (Å²) in [5, 5.41) is 2.71. The Hall–Kier alpha value is -2.65. The van der Waals surface area contributed by atoms with Crippen LogP contribution >= 0.6 is 0 Å². The molecule has 1 aromatic carbocycles. The number of ether oxygens (including phenoxy) is 1. The fraction of sp³-hybridized carbons (Fsp3) is 0.400. The van der Waals surface area contributed by atoms with E-state index in [0.717, 1.165) is 12.8 Å². The minimum Gasteiger partial charge on any atom is -0.465 e. The third-order valence-electron chi connectivity index (χ3n) is 5.16. The largest absolute Gasteiger partial charge is 0.465 e. The quantitative estimate of drug-likeness (QED) is 0.751. The smallest absolute Gasteiger partial charge is 0.337 e. The predicted molar refractivity (Wildman–Crippen MR) is 108 cm³/mol. The number of hydrogen-bond acceptors (Lipinski definition) is 5. The number of rotatable bonds is 5. The highest BCUT2D eigenvalue weighted by atomic mass is 32.2. The minimum absolute atomic E-state index is 0.112. The van der Waals surface area contributed by atoms with Crippen LogP contribution in [0.25, 0.3) is 0 Å². The van der Waals surface area contributed by atoms with Crippen LogP contribution in [0.3, 0.4) is 0 Å². The molecule has 0 spiro atoms. The molecule has 0 aliphatic carbocycles. The van der Waals surface area contributed by atoms with Gasteiger partial charge in [-0.3, -0.25) is 4.79 Å². The average Bonchev–Trinajstić information content (AvgIpc) is 3.11. The molecule has 1 N–H and O–H groups in total. The molecular formula is C20H25N3O5S. The zero-order chi connectivity index (χ0) is 21.2. The number of benzene rings is 1. The molecule has 1 fully saturated rings. The lowest BCUT2D eigenvalue weighted by Gasteiger charge is -2.29. The number of nitrogens with zero attached hydrogens (tertiary/aromatic N) is 2. The van der Waals surface area contributed by atoms with Crippen molar-refractivity contribution in [2.24, 2.45) is 13.0 Å². The molecule has 3 rings (SSSR count). The Morgan fingerprint density at radius 3 is 2.34 bits per heavy atom. The highest BCUT2D eigenvalue weighted by molar-refractivity contribution is 7.89. The van der Waals surface area contributed by atoms with Crippen LogP contribution in [0.4, 0.5) is 5.69 Å². The first-order chi connectivity index (χ1) is 13.7. The SMILES string of the molecule is COC(=O)c1ccc(NC(=O)c2cc(S(=O)(=O)N3CCC(C)CC3)cn2C)cc1. The van der Waals surface area contributed by atoms with Crippen LogP contribution < -0.4 is 5.32 Å². The average molecular weight is 420 g/mol. The number of amides is 1. The Bertz CT molecular complexity index is 1000. The molecule has 29 heavy (non-hydrogen) atoms. The number of esters is 1. The molecule has 2 heterocycles. The molecule has 0 bridgehead atoms. The van der Waals surface area contributed by atoms with Crippen molar-refractivity contribution >= 4 is 27.6 Å². The Morgan fingerprint density at radius 2 is 1.76 bits per heavy atom. The molecule has 156 valence electrons. The van der Waals surface area contributed by atoms with Crippen molar-refractivity contribution in [3.8, 4) is 0 Å². The summed E-state index contributed by atoms with van der Waals surface area (Å²) < 4.78 is 33.4. The van der Waals surface area contributed by atoms with E-state index >= 15 is 0 Å². The topological polar surface area (TPSA) is 97.7 Å². The summed E-state index contributed by atoms with van der Waals surface area (Å²) in [6.07, 6.45) is 3.13. The second-order valence-electron chi connectivity index (χ2n) is 7.28. The molecule has 1 aliphatic rings. The summed E-state index contributed by atoms with van der Waals surface area (Å²) in [4.78, 5) is 24.2. The molecule has 1 saturated heterocycles. The number of anilines is 1. The maximum Gasteiger partial charge on any atom is 0.337 e. The molecule has 1 aromatic heterocycles. The molecule has 0 unspecified atom stereocenters. The van der Waals surface area contributed by atoms with Crippen LogP contribution in [0, 0.1) is 5.92 Å². The summed E-state index contributed by atoms with van der Waals surface area (Å²) in [6, 6.07) is 7.64. The van der Waals surface area contributed by atoms with Gasteiger partial charge in [0.25, 0.3) is 5.91 Å². The predicted octanol–water partition coefficient (Wildman–Crippen LogP) is 2.48. The molecule has 0 saturated carbocycles. The van der Waals surface area contributed by atoms with Crippen molar-refractivity contribution in [2.45, 2.75) is 24.7 Å². The van der Waals surface area contributed by atoms with Crippen molar-refractivity contribution in [1.29, 1.82) is 0 Å². The van der Waals surface area contributed by atoms with E-state index in [0.29, 0.717) is 30.3 Å². The number of nitrogens with one attached hydrogen (secondary N) is 1. The second kappa shape index (κ2) is 8.38. The zero-order valence-corrected chi connectivity index (χ0v) is 17.5.